The van der Waals surface area contributed by atoms with Crippen molar-refractivity contribution in [3.05, 3.63) is 91.2 Å². The van der Waals surface area contributed by atoms with E-state index in [9.17, 15) is 64.1 Å². The van der Waals surface area contributed by atoms with Crippen molar-refractivity contribution in [2.24, 2.45) is 23.7 Å². The van der Waals surface area contributed by atoms with Crippen LogP contribution in [-0.4, -0.2) is 90.0 Å². The van der Waals surface area contributed by atoms with Crippen molar-refractivity contribution in [3.8, 4) is 0 Å². The normalized spacial score (nSPS) is 34.0. The van der Waals surface area contributed by atoms with Gasteiger partial charge in [-0.2, -0.15) is 25.3 Å². The number of aliphatic hydroxyl groups is 4. The molecule has 5 rings (SSSR count). The molecular weight excluding hydrogens is 669 g/mol. The zero-order valence-corrected chi connectivity index (χ0v) is 26.3. The number of fused-ring (bicyclic) bond motifs is 8. The first kappa shape index (κ1) is 34.5. The lowest BCUT2D eigenvalue weighted by atomic mass is 9.73. The van der Waals surface area contributed by atoms with Gasteiger partial charge in [0.05, 0.1) is 39.1 Å². The predicted octanol–water partition coefficient (Wildman–Crippen LogP) is 0.669. The van der Waals surface area contributed by atoms with Crippen molar-refractivity contribution < 1.29 is 64.1 Å². The van der Waals surface area contributed by atoms with E-state index in [0.717, 1.165) is 36.5 Å². The molecule has 0 aromatic carbocycles. The summed E-state index contributed by atoms with van der Waals surface area (Å²) in [5.41, 5.74) is 0.159. The van der Waals surface area contributed by atoms with Crippen molar-refractivity contribution in [3.63, 3.8) is 0 Å². The molecule has 1 saturated carbocycles. The molecule has 5 aliphatic rings. The van der Waals surface area contributed by atoms with Gasteiger partial charge in [-0.05, 0) is 66.2 Å². The summed E-state index contributed by atoms with van der Waals surface area (Å²) >= 11 is 0. The number of hydrogen-bond acceptors (Lipinski definition) is 11. The molecule has 0 aliphatic heterocycles. The average Bonchev–Trinajstić information content (AvgIpc) is 2.94. The maximum absolute atomic E-state index is 12.2. The minimum Gasteiger partial charge on any atom is -0.388 e. The molecule has 7 N–H and O–H groups in total. The number of carbonyl (C=O) groups excluding carboxylic acids is 1. The van der Waals surface area contributed by atoms with Crippen molar-refractivity contribution in [1.82, 2.24) is 0 Å². The van der Waals surface area contributed by atoms with E-state index in [1.165, 1.54) is 12.2 Å². The van der Waals surface area contributed by atoms with Gasteiger partial charge in [-0.25, -0.2) is 0 Å². The molecule has 46 heavy (non-hydrogen) atoms. The van der Waals surface area contributed by atoms with Crippen LogP contribution < -0.4 is 0 Å². The fraction of sp³-hybridized carbons (Fsp3) is 0.414. The Morgan fingerprint density at radius 2 is 0.739 bits per heavy atom. The van der Waals surface area contributed by atoms with E-state index < -0.39 is 106 Å². The van der Waals surface area contributed by atoms with Crippen molar-refractivity contribution in [1.29, 1.82) is 0 Å². The molecule has 8 bridgehead atoms. The molecule has 8 atom stereocenters. The quantitative estimate of drug-likeness (QED) is 0.157. The first-order chi connectivity index (χ1) is 21.3. The third kappa shape index (κ3) is 7.03. The minimum atomic E-state index is -4.89. The van der Waals surface area contributed by atoms with E-state index in [-0.39, 0.29) is 40.7 Å². The van der Waals surface area contributed by atoms with E-state index in [1.807, 2.05) is 0 Å². The van der Waals surface area contributed by atoms with Crippen LogP contribution in [0.5, 0.6) is 0 Å². The van der Waals surface area contributed by atoms with Crippen LogP contribution in [0.3, 0.4) is 0 Å². The summed E-state index contributed by atoms with van der Waals surface area (Å²) < 4.78 is 103. The molecule has 17 heteroatoms. The maximum atomic E-state index is 12.2. The monoisotopic (exact) mass is 700 g/mol. The third-order valence-electron chi connectivity index (χ3n) is 8.93. The van der Waals surface area contributed by atoms with Crippen LogP contribution in [0.1, 0.15) is 25.7 Å². The smallest absolute Gasteiger partial charge is 0.294 e. The molecule has 0 amide bonds. The molecule has 1 fully saturated rings. The zero-order chi connectivity index (χ0) is 33.9. The van der Waals surface area contributed by atoms with Crippen molar-refractivity contribution in [2.75, 3.05) is 0 Å². The molecule has 0 radical (unpaired) electrons. The number of carbonyl (C=O) groups is 1. The Balaban J connectivity index is 1.71. The molecule has 0 saturated heterocycles. The molecule has 5 aliphatic carbocycles. The van der Waals surface area contributed by atoms with Gasteiger partial charge in [-0.3, -0.25) is 18.5 Å². The van der Waals surface area contributed by atoms with Gasteiger partial charge < -0.3 is 20.4 Å². The lowest BCUT2D eigenvalue weighted by Crippen LogP contribution is -2.36. The summed E-state index contributed by atoms with van der Waals surface area (Å²) in [6.45, 7) is 0. The standard InChI is InChI=1S/C29H32O14S3/c30-13-14-1-15-3-17-7-23(44(35,36)37)9-19(27(17)32)5-21-11-25(46(41,42)43)12-22(29(21)34)6-20-10-24(45(38,39)40)8-18(28(20)33)4-16(2-14)26(15)31/h1-2,7-13,15,18-19,22,26-29,31-34H,3-6H2,(H,35,36,37)(H,38,39,40)(H,41,42,43). The Kier molecular flexibility index (Phi) is 9.23. The molecular formula is C29H32O14S3. The molecule has 14 nitrogen and oxygen atoms in total. The number of hydrogen-bond donors (Lipinski definition) is 7. The number of allylic oxidation sites excluding steroid dienone is 5. The average molecular weight is 701 g/mol. The highest BCUT2D eigenvalue weighted by Gasteiger charge is 2.40. The van der Waals surface area contributed by atoms with Gasteiger partial charge in [0.15, 0.2) is 0 Å². The zero-order valence-electron chi connectivity index (χ0n) is 23.9. The highest BCUT2D eigenvalue weighted by Crippen LogP contribution is 2.43. The topological polar surface area (TPSA) is 261 Å². The van der Waals surface area contributed by atoms with E-state index in [4.69, 9.17) is 0 Å². The van der Waals surface area contributed by atoms with Gasteiger partial charge in [0.2, 0.25) is 0 Å². The minimum absolute atomic E-state index is 0.0171. The van der Waals surface area contributed by atoms with Crippen LogP contribution in [-0.2, 0) is 35.1 Å². The van der Waals surface area contributed by atoms with Crippen molar-refractivity contribution in [2.45, 2.75) is 50.1 Å². The Morgan fingerprint density at radius 1 is 0.478 bits per heavy atom. The second kappa shape index (κ2) is 12.3. The van der Waals surface area contributed by atoms with Crippen molar-refractivity contribution >= 4 is 36.6 Å². The van der Waals surface area contributed by atoms with E-state index in [1.54, 1.807) is 0 Å². The van der Waals surface area contributed by atoms with Gasteiger partial charge in [-0.15, -0.1) is 0 Å². The highest BCUT2D eigenvalue weighted by molar-refractivity contribution is 7.90. The van der Waals surface area contributed by atoms with E-state index in [0.29, 0.717) is 6.29 Å². The Bertz CT molecular complexity index is 1890. The summed E-state index contributed by atoms with van der Waals surface area (Å²) in [7, 11) is -14.6. The highest BCUT2D eigenvalue weighted by atomic mass is 32.2. The first-order valence-electron chi connectivity index (χ1n) is 14.0. The van der Waals surface area contributed by atoms with Crippen LogP contribution in [0.25, 0.3) is 0 Å². The van der Waals surface area contributed by atoms with Crippen LogP contribution in [0.15, 0.2) is 91.2 Å². The summed E-state index contributed by atoms with van der Waals surface area (Å²) in [4.78, 5) is 10.0. The summed E-state index contributed by atoms with van der Waals surface area (Å²) in [6, 6.07) is 0. The Labute approximate surface area is 265 Å². The molecule has 250 valence electrons. The fourth-order valence-electron chi connectivity index (χ4n) is 6.69. The largest absolute Gasteiger partial charge is 0.388 e. The van der Waals surface area contributed by atoms with Gasteiger partial charge >= 0.3 is 0 Å². The second-order valence-corrected chi connectivity index (χ2v) is 16.3. The SMILES string of the molecule is O=CC1=CC2CC3=CC(S(=O)(=O)O)=CC(CC4=CC(S(=O)(=O)O)=CC(CC5=CC(S(=O)(=O)O)=CC(CC(=C1)C2O)C5O)C4O)C3O. The maximum Gasteiger partial charge on any atom is 0.294 e. The summed E-state index contributed by atoms with van der Waals surface area (Å²) in [6.07, 6.45) is 2.13. The molecule has 0 spiro atoms. The van der Waals surface area contributed by atoms with Crippen LogP contribution in [0.2, 0.25) is 0 Å². The second-order valence-electron chi connectivity index (χ2n) is 12.0. The lowest BCUT2D eigenvalue weighted by Gasteiger charge is -2.37. The summed E-state index contributed by atoms with van der Waals surface area (Å²) in [5, 5.41) is 45.5. The third-order valence-corrected chi connectivity index (χ3v) is 11.5. The number of aliphatic hydroxyl groups excluding tert-OH is 4. The Morgan fingerprint density at radius 3 is 1.00 bits per heavy atom. The van der Waals surface area contributed by atoms with Gasteiger partial charge in [0.25, 0.3) is 30.4 Å². The Hall–Kier alpha value is -2.84. The van der Waals surface area contributed by atoms with Gasteiger partial charge in [0.1, 0.15) is 6.29 Å². The predicted molar refractivity (Wildman–Crippen MR) is 162 cm³/mol. The van der Waals surface area contributed by atoms with Crippen LogP contribution in [0, 0.1) is 23.7 Å². The van der Waals surface area contributed by atoms with E-state index >= 15 is 0 Å². The summed E-state index contributed by atoms with van der Waals surface area (Å²) in [5.74, 6) is -4.47. The van der Waals surface area contributed by atoms with Crippen LogP contribution >= 0.6 is 0 Å². The number of aldehydes is 1. The van der Waals surface area contributed by atoms with E-state index in [2.05, 4.69) is 0 Å². The van der Waals surface area contributed by atoms with Crippen LogP contribution in [0.4, 0.5) is 0 Å². The molecule has 0 aromatic rings. The lowest BCUT2D eigenvalue weighted by molar-refractivity contribution is -0.104. The van der Waals surface area contributed by atoms with Gasteiger partial charge in [0, 0.05) is 29.2 Å². The molecule has 0 heterocycles. The first-order valence-corrected chi connectivity index (χ1v) is 18.4. The molecule has 8 unspecified atom stereocenters. The van der Waals surface area contributed by atoms with Gasteiger partial charge in [-0.1, -0.05) is 30.4 Å². The fourth-order valence-corrected chi connectivity index (χ4v) is 8.63. The number of rotatable bonds is 4. The molecule has 0 aromatic heterocycles.